The molecule has 0 spiro atoms. The first kappa shape index (κ1) is 18.1. The molecule has 1 rings (SSSR count). The Hall–Kier alpha value is 0.100. The molecule has 5 heteroatoms. The third-order valence-electron chi connectivity index (χ3n) is 4.43. The highest BCUT2D eigenvalue weighted by molar-refractivity contribution is 8.00. The van der Waals surface area contributed by atoms with Crippen molar-refractivity contribution in [3.8, 4) is 0 Å². The van der Waals surface area contributed by atoms with E-state index in [1.54, 1.807) is 0 Å². The maximum absolute atomic E-state index is 12.3. The summed E-state index contributed by atoms with van der Waals surface area (Å²) >= 11 is 0.128. The molecule has 3 unspecified atom stereocenters. The molecule has 120 valence electrons. The number of rotatable bonds is 5. The number of nitrogens with one attached hydrogen (secondary N) is 1. The summed E-state index contributed by atoms with van der Waals surface area (Å²) in [5.41, 5.74) is -3.83. The van der Waals surface area contributed by atoms with E-state index in [-0.39, 0.29) is 22.9 Å². The average Bonchev–Trinajstić information content (AvgIpc) is 2.28. The number of hydrogen-bond acceptors (Lipinski definition) is 2. The van der Waals surface area contributed by atoms with Crippen LogP contribution in [0.15, 0.2) is 0 Å². The van der Waals surface area contributed by atoms with Crippen molar-refractivity contribution < 1.29 is 13.2 Å². The van der Waals surface area contributed by atoms with E-state index < -0.39 is 5.51 Å². The highest BCUT2D eigenvalue weighted by atomic mass is 32.2. The van der Waals surface area contributed by atoms with Crippen molar-refractivity contribution in [3.63, 3.8) is 0 Å². The van der Waals surface area contributed by atoms with Crippen LogP contribution >= 0.6 is 11.8 Å². The number of hydrogen-bond donors (Lipinski definition) is 1. The lowest BCUT2D eigenvalue weighted by molar-refractivity contribution is -0.0329. The van der Waals surface area contributed by atoms with Crippen LogP contribution in [0.1, 0.15) is 53.4 Å². The molecule has 20 heavy (non-hydrogen) atoms. The lowest BCUT2D eigenvalue weighted by atomic mass is 9.67. The molecule has 1 N–H and O–H groups in total. The van der Waals surface area contributed by atoms with Crippen molar-refractivity contribution in [2.75, 3.05) is 12.3 Å². The SMILES string of the molecule is CCNC1CCC(C(C)(C)C)CC1CCSC(F)(F)F. The van der Waals surface area contributed by atoms with E-state index in [4.69, 9.17) is 0 Å². The Morgan fingerprint density at radius 2 is 1.80 bits per heavy atom. The van der Waals surface area contributed by atoms with Crippen molar-refractivity contribution >= 4 is 11.8 Å². The van der Waals surface area contributed by atoms with Crippen molar-refractivity contribution in [1.29, 1.82) is 0 Å². The second-order valence-electron chi connectivity index (χ2n) is 6.88. The number of thioether (sulfide) groups is 1. The van der Waals surface area contributed by atoms with Gasteiger partial charge in [-0.15, -0.1) is 0 Å². The molecule has 0 aromatic rings. The van der Waals surface area contributed by atoms with Gasteiger partial charge in [0.1, 0.15) is 0 Å². The smallest absolute Gasteiger partial charge is 0.314 e. The lowest BCUT2D eigenvalue weighted by Crippen LogP contribution is -2.43. The predicted octanol–water partition coefficient (Wildman–Crippen LogP) is 5.07. The molecule has 0 aromatic heterocycles. The maximum Gasteiger partial charge on any atom is 0.441 e. The van der Waals surface area contributed by atoms with Crippen LogP contribution < -0.4 is 5.32 Å². The van der Waals surface area contributed by atoms with Crippen LogP contribution in [0.25, 0.3) is 0 Å². The molecule has 0 heterocycles. The molecule has 0 aromatic carbocycles. The van der Waals surface area contributed by atoms with Crippen molar-refractivity contribution in [2.24, 2.45) is 17.3 Å². The van der Waals surface area contributed by atoms with E-state index in [1.807, 2.05) is 0 Å². The Morgan fingerprint density at radius 1 is 1.15 bits per heavy atom. The molecule has 1 saturated carbocycles. The largest absolute Gasteiger partial charge is 0.441 e. The van der Waals surface area contributed by atoms with Crippen LogP contribution in [-0.4, -0.2) is 23.8 Å². The van der Waals surface area contributed by atoms with Crippen molar-refractivity contribution in [3.05, 3.63) is 0 Å². The average molecular weight is 311 g/mol. The molecule has 1 nitrogen and oxygen atoms in total. The zero-order valence-electron chi connectivity index (χ0n) is 13.0. The summed E-state index contributed by atoms with van der Waals surface area (Å²) < 4.78 is 36.8. The van der Waals surface area contributed by atoms with Gasteiger partial charge in [-0.05, 0) is 49.5 Å². The Morgan fingerprint density at radius 3 is 2.30 bits per heavy atom. The molecule has 1 fully saturated rings. The van der Waals surface area contributed by atoms with Gasteiger partial charge in [0.05, 0.1) is 0 Å². The Kier molecular flexibility index (Phi) is 6.71. The molecular weight excluding hydrogens is 283 g/mol. The first-order chi connectivity index (χ1) is 9.13. The van der Waals surface area contributed by atoms with Crippen molar-refractivity contribution in [1.82, 2.24) is 5.32 Å². The molecular formula is C15H28F3NS. The van der Waals surface area contributed by atoms with Gasteiger partial charge in [-0.3, -0.25) is 0 Å². The number of halogens is 3. The van der Waals surface area contributed by atoms with E-state index in [2.05, 4.69) is 33.0 Å². The predicted molar refractivity (Wildman–Crippen MR) is 80.9 cm³/mol. The van der Waals surface area contributed by atoms with Crippen LogP contribution in [0.2, 0.25) is 0 Å². The van der Waals surface area contributed by atoms with Crippen LogP contribution in [0.3, 0.4) is 0 Å². The molecule has 1 aliphatic rings. The molecule has 0 radical (unpaired) electrons. The Labute approximate surface area is 125 Å². The molecule has 0 bridgehead atoms. The lowest BCUT2D eigenvalue weighted by Gasteiger charge is -2.42. The zero-order valence-corrected chi connectivity index (χ0v) is 13.8. The van der Waals surface area contributed by atoms with Gasteiger partial charge >= 0.3 is 5.51 Å². The topological polar surface area (TPSA) is 12.0 Å². The van der Waals surface area contributed by atoms with E-state index >= 15 is 0 Å². The minimum atomic E-state index is -4.09. The van der Waals surface area contributed by atoms with Crippen LogP contribution in [0.5, 0.6) is 0 Å². The van der Waals surface area contributed by atoms with E-state index in [9.17, 15) is 13.2 Å². The monoisotopic (exact) mass is 311 g/mol. The minimum Gasteiger partial charge on any atom is -0.314 e. The van der Waals surface area contributed by atoms with Crippen LogP contribution in [-0.2, 0) is 0 Å². The van der Waals surface area contributed by atoms with E-state index in [0.29, 0.717) is 24.3 Å². The quantitative estimate of drug-likeness (QED) is 0.760. The van der Waals surface area contributed by atoms with E-state index in [1.165, 1.54) is 6.42 Å². The standard InChI is InChI=1S/C15H28F3NS/c1-5-19-13-7-6-12(14(2,3)4)10-11(13)8-9-20-15(16,17)18/h11-13,19H,5-10H2,1-4H3. The summed E-state index contributed by atoms with van der Waals surface area (Å²) in [6.45, 7) is 9.69. The van der Waals surface area contributed by atoms with Gasteiger partial charge in [0, 0.05) is 11.8 Å². The van der Waals surface area contributed by atoms with Gasteiger partial charge in [0.15, 0.2) is 0 Å². The Bertz CT molecular complexity index is 286. The summed E-state index contributed by atoms with van der Waals surface area (Å²) in [5.74, 6) is 1.19. The van der Waals surface area contributed by atoms with Gasteiger partial charge in [-0.2, -0.15) is 13.2 Å². The third kappa shape index (κ3) is 6.25. The summed E-state index contributed by atoms with van der Waals surface area (Å²) in [4.78, 5) is 0. The highest BCUT2D eigenvalue weighted by Gasteiger charge is 2.36. The fourth-order valence-corrected chi connectivity index (χ4v) is 3.88. The van der Waals surface area contributed by atoms with Gasteiger partial charge < -0.3 is 5.32 Å². The van der Waals surface area contributed by atoms with Gasteiger partial charge in [-0.1, -0.05) is 39.5 Å². The molecule has 3 atom stereocenters. The first-order valence-corrected chi connectivity index (χ1v) is 8.56. The molecule has 1 aliphatic carbocycles. The normalized spacial score (nSPS) is 28.6. The highest BCUT2D eigenvalue weighted by Crippen LogP contribution is 2.42. The second-order valence-corrected chi connectivity index (χ2v) is 8.04. The maximum atomic E-state index is 12.3. The fraction of sp³-hybridized carbons (Fsp3) is 1.00. The van der Waals surface area contributed by atoms with Gasteiger partial charge in [-0.25, -0.2) is 0 Å². The molecule has 0 saturated heterocycles. The second kappa shape index (κ2) is 7.39. The summed E-state index contributed by atoms with van der Waals surface area (Å²) in [5, 5.41) is 3.46. The number of alkyl halides is 3. The summed E-state index contributed by atoms with van der Waals surface area (Å²) in [6, 6.07) is 0.396. The summed E-state index contributed by atoms with van der Waals surface area (Å²) in [6.07, 6.45) is 4.00. The van der Waals surface area contributed by atoms with Crippen LogP contribution in [0.4, 0.5) is 13.2 Å². The fourth-order valence-electron chi connectivity index (χ4n) is 3.23. The molecule has 0 amide bonds. The minimum absolute atomic E-state index is 0.128. The zero-order chi connectivity index (χ0) is 15.4. The van der Waals surface area contributed by atoms with E-state index in [0.717, 1.165) is 19.4 Å². The van der Waals surface area contributed by atoms with Gasteiger partial charge in [0.25, 0.3) is 0 Å². The summed E-state index contributed by atoms with van der Waals surface area (Å²) in [7, 11) is 0. The third-order valence-corrected chi connectivity index (χ3v) is 5.20. The van der Waals surface area contributed by atoms with Crippen LogP contribution in [0, 0.1) is 17.3 Å². The molecule has 0 aliphatic heterocycles. The van der Waals surface area contributed by atoms with Gasteiger partial charge in [0.2, 0.25) is 0 Å². The first-order valence-electron chi connectivity index (χ1n) is 7.57. The Balaban J connectivity index is 2.55. The van der Waals surface area contributed by atoms with Crippen molar-refractivity contribution in [2.45, 2.75) is 64.9 Å².